The lowest BCUT2D eigenvalue weighted by atomic mass is 9.77. The van der Waals surface area contributed by atoms with E-state index in [-0.39, 0.29) is 28.9 Å². The summed E-state index contributed by atoms with van der Waals surface area (Å²) in [6.45, 7) is 0. The number of hydrogen-bond acceptors (Lipinski definition) is 4. The lowest BCUT2D eigenvalue weighted by Crippen LogP contribution is -2.36. The molecule has 0 bridgehead atoms. The van der Waals surface area contributed by atoms with E-state index in [2.05, 4.69) is 0 Å². The summed E-state index contributed by atoms with van der Waals surface area (Å²) >= 11 is 0. The van der Waals surface area contributed by atoms with Gasteiger partial charge in [-0.25, -0.2) is 0 Å². The van der Waals surface area contributed by atoms with Gasteiger partial charge in [-0.3, -0.25) is 14.1 Å². The van der Waals surface area contributed by atoms with E-state index in [1.807, 2.05) is 0 Å². The van der Waals surface area contributed by atoms with Crippen molar-refractivity contribution in [3.63, 3.8) is 0 Å². The van der Waals surface area contributed by atoms with Crippen molar-refractivity contribution in [2.24, 2.45) is 0 Å². The summed E-state index contributed by atoms with van der Waals surface area (Å²) in [5.74, 6) is -0.763. The van der Waals surface area contributed by atoms with Crippen molar-refractivity contribution in [1.82, 2.24) is 0 Å². The smallest absolute Gasteiger partial charge is 0.272 e. The van der Waals surface area contributed by atoms with E-state index in [1.54, 1.807) is 18.2 Å². The van der Waals surface area contributed by atoms with Crippen LogP contribution in [0.25, 0.3) is 0 Å². The molecule has 0 spiro atoms. The molecule has 1 N–H and O–H groups in total. The second-order valence-corrected chi connectivity index (χ2v) is 6.59. The van der Waals surface area contributed by atoms with E-state index in [0.717, 1.165) is 0 Å². The number of fused-ring (bicyclic) bond motifs is 1. The largest absolute Gasteiger partial charge is 0.289 e. The molecule has 1 atom stereocenters. The molecule has 0 radical (unpaired) electrons. The number of ketones is 2. The van der Waals surface area contributed by atoms with Gasteiger partial charge in [0.25, 0.3) is 10.1 Å². The molecule has 104 valence electrons. The zero-order chi connectivity index (χ0) is 14.5. The normalized spacial score (nSPS) is 22.6. The molecule has 0 aliphatic heterocycles. The molecule has 2 aliphatic carbocycles. The first-order valence-electron chi connectivity index (χ1n) is 6.29. The first-order chi connectivity index (χ1) is 9.41. The molecule has 5 nitrogen and oxygen atoms in total. The molecule has 0 aromatic heterocycles. The average Bonchev–Trinajstić information content (AvgIpc) is 2.43. The Labute approximate surface area is 116 Å². The van der Waals surface area contributed by atoms with Crippen molar-refractivity contribution in [3.8, 4) is 0 Å². The van der Waals surface area contributed by atoms with Crippen LogP contribution < -0.4 is 0 Å². The Bertz CT molecular complexity index is 758. The van der Waals surface area contributed by atoms with Gasteiger partial charge in [0.15, 0.2) is 11.6 Å². The molecule has 2 aliphatic rings. The Morgan fingerprint density at radius 1 is 1.05 bits per heavy atom. The topological polar surface area (TPSA) is 88.5 Å². The highest BCUT2D eigenvalue weighted by Crippen LogP contribution is 2.37. The monoisotopic (exact) mass is 292 g/mol. The van der Waals surface area contributed by atoms with Gasteiger partial charge in [-0.1, -0.05) is 24.3 Å². The van der Waals surface area contributed by atoms with Crippen LogP contribution in [0.2, 0.25) is 0 Å². The predicted molar refractivity (Wildman–Crippen MR) is 71.3 cm³/mol. The highest BCUT2D eigenvalue weighted by Gasteiger charge is 2.42. The number of benzene rings is 1. The standard InChI is InChI=1S/C14H12O5S/c15-13-8-4-1-2-5-9(8)14(16)12-10(13)6-3-7-11(12)20(17,18)19/h1-2,4-5,11H,3,6-7H2,(H,17,18,19). The van der Waals surface area contributed by atoms with Gasteiger partial charge in [-0.2, -0.15) is 8.42 Å². The van der Waals surface area contributed by atoms with Gasteiger partial charge in [0.05, 0.1) is 0 Å². The molecule has 1 aromatic carbocycles. The SMILES string of the molecule is O=C1C2=C(C(=O)c3ccccc31)C(S(=O)(=O)O)CCC2. The lowest BCUT2D eigenvalue weighted by Gasteiger charge is -2.29. The zero-order valence-corrected chi connectivity index (χ0v) is 11.3. The van der Waals surface area contributed by atoms with E-state index >= 15 is 0 Å². The average molecular weight is 292 g/mol. The molecule has 1 unspecified atom stereocenters. The summed E-state index contributed by atoms with van der Waals surface area (Å²) < 4.78 is 32.2. The number of allylic oxidation sites excluding steroid dienone is 1. The molecular weight excluding hydrogens is 280 g/mol. The van der Waals surface area contributed by atoms with E-state index in [9.17, 15) is 22.6 Å². The van der Waals surface area contributed by atoms with Crippen LogP contribution in [0, 0.1) is 0 Å². The van der Waals surface area contributed by atoms with Crippen LogP contribution in [-0.2, 0) is 10.1 Å². The Balaban J connectivity index is 2.25. The Morgan fingerprint density at radius 2 is 1.65 bits per heavy atom. The Morgan fingerprint density at radius 3 is 2.25 bits per heavy atom. The first kappa shape index (κ1) is 13.2. The molecular formula is C14H12O5S. The summed E-state index contributed by atoms with van der Waals surface area (Å²) in [5, 5.41) is -1.28. The van der Waals surface area contributed by atoms with Crippen molar-refractivity contribution in [1.29, 1.82) is 0 Å². The summed E-state index contributed by atoms with van der Waals surface area (Å²) in [6, 6.07) is 6.37. The minimum Gasteiger partial charge on any atom is -0.289 e. The number of hydrogen-bond donors (Lipinski definition) is 1. The molecule has 6 heteroatoms. The molecule has 0 heterocycles. The van der Waals surface area contributed by atoms with Crippen LogP contribution in [-0.4, -0.2) is 29.8 Å². The summed E-state index contributed by atoms with van der Waals surface area (Å²) in [6.07, 6.45) is 1.00. The van der Waals surface area contributed by atoms with Crippen LogP contribution in [0.3, 0.4) is 0 Å². The van der Waals surface area contributed by atoms with E-state index in [1.165, 1.54) is 6.07 Å². The van der Waals surface area contributed by atoms with Gasteiger partial charge < -0.3 is 0 Å². The Hall–Kier alpha value is -1.79. The number of rotatable bonds is 1. The predicted octanol–water partition coefficient (Wildman–Crippen LogP) is 1.80. The maximum absolute atomic E-state index is 12.5. The molecule has 0 saturated heterocycles. The minimum absolute atomic E-state index is 0.0394. The fourth-order valence-electron chi connectivity index (χ4n) is 2.94. The molecule has 0 fully saturated rings. The molecule has 3 rings (SSSR count). The highest BCUT2D eigenvalue weighted by molar-refractivity contribution is 7.86. The second kappa shape index (κ2) is 4.36. The summed E-state index contributed by atoms with van der Waals surface area (Å²) in [4.78, 5) is 24.9. The zero-order valence-electron chi connectivity index (χ0n) is 10.5. The molecule has 0 amide bonds. The van der Waals surface area contributed by atoms with Crippen LogP contribution in [0.15, 0.2) is 35.4 Å². The maximum Gasteiger partial charge on any atom is 0.272 e. The molecule has 1 aromatic rings. The first-order valence-corrected chi connectivity index (χ1v) is 7.79. The van der Waals surface area contributed by atoms with Gasteiger partial charge in [-0.15, -0.1) is 0 Å². The highest BCUT2D eigenvalue weighted by atomic mass is 32.2. The number of Topliss-reactive ketones (excluding diaryl/α,β-unsaturated/α-hetero) is 2. The van der Waals surface area contributed by atoms with Crippen LogP contribution >= 0.6 is 0 Å². The third kappa shape index (κ3) is 1.83. The number of carbonyl (C=O) groups is 2. The molecule has 20 heavy (non-hydrogen) atoms. The fourth-order valence-corrected chi connectivity index (χ4v) is 3.95. The van der Waals surface area contributed by atoms with Crippen LogP contribution in [0.1, 0.15) is 40.0 Å². The van der Waals surface area contributed by atoms with Crippen molar-refractivity contribution in [3.05, 3.63) is 46.5 Å². The number of carbonyl (C=O) groups excluding carboxylic acids is 2. The van der Waals surface area contributed by atoms with E-state index in [0.29, 0.717) is 18.4 Å². The van der Waals surface area contributed by atoms with Gasteiger partial charge in [0.1, 0.15) is 5.25 Å². The fraction of sp³-hybridized carbons (Fsp3) is 0.286. The maximum atomic E-state index is 12.5. The minimum atomic E-state index is -4.39. The van der Waals surface area contributed by atoms with Crippen LogP contribution in [0.5, 0.6) is 0 Å². The van der Waals surface area contributed by atoms with E-state index in [4.69, 9.17) is 0 Å². The Kier molecular flexibility index (Phi) is 2.88. The van der Waals surface area contributed by atoms with Crippen molar-refractivity contribution in [2.75, 3.05) is 0 Å². The van der Waals surface area contributed by atoms with Crippen molar-refractivity contribution >= 4 is 21.7 Å². The molecule has 0 saturated carbocycles. The van der Waals surface area contributed by atoms with Crippen LogP contribution in [0.4, 0.5) is 0 Å². The van der Waals surface area contributed by atoms with Crippen molar-refractivity contribution in [2.45, 2.75) is 24.5 Å². The summed E-state index contributed by atoms with van der Waals surface area (Å²) in [5.41, 5.74) is 0.726. The third-order valence-corrected chi connectivity index (χ3v) is 5.03. The van der Waals surface area contributed by atoms with E-state index < -0.39 is 21.2 Å². The third-order valence-electron chi connectivity index (χ3n) is 3.83. The van der Waals surface area contributed by atoms with Gasteiger partial charge in [0.2, 0.25) is 0 Å². The second-order valence-electron chi connectivity index (χ2n) is 4.99. The quantitative estimate of drug-likeness (QED) is 0.797. The van der Waals surface area contributed by atoms with Crippen molar-refractivity contribution < 1.29 is 22.6 Å². The van der Waals surface area contributed by atoms with Gasteiger partial charge in [0, 0.05) is 22.3 Å². The lowest BCUT2D eigenvalue weighted by molar-refractivity contribution is 0.0964. The summed E-state index contributed by atoms with van der Waals surface area (Å²) in [7, 11) is -4.39. The van der Waals surface area contributed by atoms with Gasteiger partial charge >= 0.3 is 0 Å². The van der Waals surface area contributed by atoms with Gasteiger partial charge in [-0.05, 0) is 19.3 Å².